The molecular weight excluding hydrogens is 787 g/mol. The lowest BCUT2D eigenvalue weighted by Gasteiger charge is -2.37. The van der Waals surface area contributed by atoms with Gasteiger partial charge in [0, 0.05) is 47.3 Å². The molecule has 0 aliphatic carbocycles. The molecule has 1 N–H and O–H groups in total. The first kappa shape index (κ1) is 38.3. The molecule has 2 amide bonds. The first-order valence-corrected chi connectivity index (χ1v) is 23.3. The third-order valence-corrected chi connectivity index (χ3v) is 17.2. The zero-order valence-electron chi connectivity index (χ0n) is 32.3. The Morgan fingerprint density at radius 2 is 1.80 bits per heavy atom. The smallest absolute Gasteiger partial charge is 0.264 e. The van der Waals surface area contributed by atoms with Gasteiger partial charge in [-0.25, -0.2) is 0 Å². The fourth-order valence-electron chi connectivity index (χ4n) is 9.54. The number of fused-ring (bicyclic) bond motifs is 2. The Morgan fingerprint density at radius 3 is 2.52 bits per heavy atom. The molecule has 0 saturated carbocycles. The quantitative estimate of drug-likeness (QED) is 0.133. The molecule has 1 unspecified atom stereocenters. The summed E-state index contributed by atoms with van der Waals surface area (Å²) in [6, 6.07) is 32.3. The predicted molar refractivity (Wildman–Crippen MR) is 223 cm³/mol. The summed E-state index contributed by atoms with van der Waals surface area (Å²) < 4.78 is 15.6. The molecule has 3 aliphatic heterocycles. The minimum atomic E-state index is -2.37. The van der Waals surface area contributed by atoms with E-state index in [4.69, 9.17) is 9.47 Å². The van der Waals surface area contributed by atoms with E-state index in [1.54, 1.807) is 7.11 Å². The molecule has 56 heavy (non-hydrogen) atoms. The van der Waals surface area contributed by atoms with Gasteiger partial charge in [-0.2, -0.15) is 0 Å². The maximum Gasteiger partial charge on any atom is 0.264 e. The number of anilines is 2. The molecule has 5 aromatic rings. The van der Waals surface area contributed by atoms with E-state index in [1.807, 2.05) is 99.5 Å². The second-order valence-corrected chi connectivity index (χ2v) is 21.5. The summed E-state index contributed by atoms with van der Waals surface area (Å²) in [6.45, 7) is 8.48. The van der Waals surface area contributed by atoms with Gasteiger partial charge in [0.2, 0.25) is 5.91 Å². The average molecular weight is 835 g/mol. The summed E-state index contributed by atoms with van der Waals surface area (Å²) in [4.78, 5) is 31.7. The van der Waals surface area contributed by atoms with Crippen molar-refractivity contribution in [2.45, 2.75) is 75.5 Å². The first-order chi connectivity index (χ1) is 27.0. The van der Waals surface area contributed by atoms with E-state index < -0.39 is 13.7 Å². The SMILES string of the molecule is COc1ccc([Si](C)(C)[C@@H]2[C@@H](CCn3cc(C(CO)c4ccccc4)nn3)O[C@]3(C(=O)N(Cc4cccc(N5CCCC5=O)c4)c4ccc(Br)cc43)[C@H]2C)cc1. The molecule has 4 aromatic carbocycles. The number of hydrogen-bond acceptors (Lipinski definition) is 7. The predicted octanol–water partition coefficient (Wildman–Crippen LogP) is 7.15. The fourth-order valence-corrected chi connectivity index (χ4v) is 14.0. The minimum absolute atomic E-state index is 0.0497. The van der Waals surface area contributed by atoms with E-state index in [0.29, 0.717) is 38.2 Å². The third kappa shape index (κ3) is 6.70. The van der Waals surface area contributed by atoms with Gasteiger partial charge in [0.05, 0.1) is 51.7 Å². The zero-order chi connectivity index (χ0) is 39.2. The molecule has 1 spiro atoms. The van der Waals surface area contributed by atoms with Crippen molar-refractivity contribution in [2.24, 2.45) is 5.92 Å². The van der Waals surface area contributed by atoms with Crippen molar-refractivity contribution in [2.75, 3.05) is 30.1 Å². The van der Waals surface area contributed by atoms with Crippen molar-refractivity contribution in [3.63, 3.8) is 0 Å². The number of carbonyl (C=O) groups excluding carboxylic acids is 2. The lowest BCUT2D eigenvalue weighted by molar-refractivity contribution is -0.146. The molecule has 2 saturated heterocycles. The normalized spacial score (nSPS) is 22.6. The van der Waals surface area contributed by atoms with Crippen LogP contribution in [0.15, 0.2) is 108 Å². The summed E-state index contributed by atoms with van der Waals surface area (Å²) in [6.07, 6.45) is 3.67. The molecule has 12 heteroatoms. The first-order valence-electron chi connectivity index (χ1n) is 19.4. The number of nitrogens with zero attached hydrogens (tertiary/aromatic N) is 5. The van der Waals surface area contributed by atoms with Crippen LogP contribution in [0.1, 0.15) is 54.5 Å². The van der Waals surface area contributed by atoms with E-state index in [-0.39, 0.29) is 41.9 Å². The monoisotopic (exact) mass is 833 g/mol. The van der Waals surface area contributed by atoms with Gasteiger partial charge in [0.25, 0.3) is 5.91 Å². The van der Waals surface area contributed by atoms with Crippen molar-refractivity contribution in [3.05, 3.63) is 130 Å². The van der Waals surface area contributed by atoms with Crippen LogP contribution in [0.5, 0.6) is 5.75 Å². The maximum atomic E-state index is 15.3. The van der Waals surface area contributed by atoms with Gasteiger partial charge < -0.3 is 24.4 Å². The average Bonchev–Trinajstić information content (AvgIpc) is 3.98. The van der Waals surface area contributed by atoms with Gasteiger partial charge in [-0.15, -0.1) is 5.10 Å². The molecule has 5 atom stereocenters. The number of rotatable bonds is 12. The number of hydrogen-bond donors (Lipinski definition) is 1. The van der Waals surface area contributed by atoms with Crippen LogP contribution in [-0.4, -0.2) is 66.4 Å². The molecule has 10 nitrogen and oxygen atoms in total. The summed E-state index contributed by atoms with van der Waals surface area (Å²) in [5, 5.41) is 20.6. The van der Waals surface area contributed by atoms with Crippen LogP contribution in [0.4, 0.5) is 11.4 Å². The number of amides is 2. The van der Waals surface area contributed by atoms with Crippen LogP contribution in [0, 0.1) is 5.92 Å². The lowest BCUT2D eigenvalue weighted by Crippen LogP contribution is -2.51. The van der Waals surface area contributed by atoms with Crippen molar-refractivity contribution in [3.8, 4) is 5.75 Å². The van der Waals surface area contributed by atoms with Gasteiger partial charge in [0.15, 0.2) is 5.60 Å². The number of halogens is 1. The van der Waals surface area contributed by atoms with Crippen LogP contribution in [-0.2, 0) is 33.0 Å². The van der Waals surface area contributed by atoms with Gasteiger partial charge in [0.1, 0.15) is 5.75 Å². The van der Waals surface area contributed by atoms with Crippen molar-refractivity contribution < 1.29 is 24.2 Å². The molecule has 1 aromatic heterocycles. The van der Waals surface area contributed by atoms with E-state index in [9.17, 15) is 9.90 Å². The van der Waals surface area contributed by atoms with E-state index in [2.05, 4.69) is 64.5 Å². The lowest BCUT2D eigenvalue weighted by atomic mass is 9.82. The number of aliphatic hydroxyl groups is 1. The minimum Gasteiger partial charge on any atom is -0.497 e. The van der Waals surface area contributed by atoms with Gasteiger partial charge in [-0.3, -0.25) is 14.3 Å². The summed E-state index contributed by atoms with van der Waals surface area (Å²) in [7, 11) is -0.693. The number of aliphatic hydroxyl groups excluding tert-OH is 1. The van der Waals surface area contributed by atoms with E-state index in [1.165, 1.54) is 5.19 Å². The van der Waals surface area contributed by atoms with E-state index >= 15 is 4.79 Å². The molecule has 2 fully saturated rings. The number of carbonyl (C=O) groups is 2. The zero-order valence-corrected chi connectivity index (χ0v) is 34.9. The summed E-state index contributed by atoms with van der Waals surface area (Å²) in [5.41, 5.74) is 4.06. The Hall–Kier alpha value is -4.62. The highest BCUT2D eigenvalue weighted by atomic mass is 79.9. The number of ether oxygens (including phenoxy) is 2. The summed E-state index contributed by atoms with van der Waals surface area (Å²) >= 11 is 3.73. The molecule has 3 aliphatic rings. The molecule has 0 bridgehead atoms. The van der Waals surface area contributed by atoms with Crippen LogP contribution in [0.25, 0.3) is 0 Å². The van der Waals surface area contributed by atoms with E-state index in [0.717, 1.165) is 44.7 Å². The number of benzene rings is 4. The molecular formula is C44H48BrN5O5Si. The number of methoxy groups -OCH3 is 1. The standard InChI is InChI=1S/C44H48BrN5O5Si/c1-29-42(56(3,4)35-18-16-34(54-2)17-19-35)40(21-23-48-27-38(46-47-48)36(28-51)31-11-6-5-7-12-31)55-44(29)37-25-32(45)15-20-39(37)50(43(44)53)26-30-10-8-13-33(24-30)49-22-9-14-41(49)52/h5-8,10-13,15-20,24-25,27,29,36,40,42,51H,9,14,21-23,26,28H2,1-4H3/t29-,36?,40+,42-,44+/m0/s1. The van der Waals surface area contributed by atoms with Crippen molar-refractivity contribution in [1.82, 2.24) is 15.0 Å². The Kier molecular flexibility index (Phi) is 10.5. The van der Waals surface area contributed by atoms with Crippen molar-refractivity contribution >= 4 is 52.4 Å². The Balaban J connectivity index is 1.15. The summed E-state index contributed by atoms with van der Waals surface area (Å²) in [5.74, 6) is 0.426. The molecule has 8 rings (SSSR count). The molecule has 4 heterocycles. The van der Waals surface area contributed by atoms with Gasteiger partial charge in [-0.05, 0) is 72.0 Å². The second kappa shape index (κ2) is 15.4. The highest BCUT2D eigenvalue weighted by Gasteiger charge is 2.66. The Labute approximate surface area is 337 Å². The van der Waals surface area contributed by atoms with Gasteiger partial charge >= 0.3 is 0 Å². The topological polar surface area (TPSA) is 110 Å². The van der Waals surface area contributed by atoms with Crippen LogP contribution in [0.2, 0.25) is 18.6 Å². The second-order valence-electron chi connectivity index (χ2n) is 15.9. The van der Waals surface area contributed by atoms with Gasteiger partial charge in [-0.1, -0.05) is 101 Å². The largest absolute Gasteiger partial charge is 0.497 e. The number of aryl methyl sites for hydroxylation is 1. The Bertz CT molecular complexity index is 2230. The molecule has 0 radical (unpaired) electrons. The fraction of sp³-hybridized carbons (Fsp3) is 0.364. The maximum absolute atomic E-state index is 15.3. The number of aromatic nitrogens is 3. The molecule has 290 valence electrons. The highest BCUT2D eigenvalue weighted by molar-refractivity contribution is 9.10. The Morgan fingerprint density at radius 1 is 1.02 bits per heavy atom. The van der Waals surface area contributed by atoms with Crippen LogP contribution >= 0.6 is 15.9 Å². The van der Waals surface area contributed by atoms with Crippen molar-refractivity contribution in [1.29, 1.82) is 0 Å². The highest BCUT2D eigenvalue weighted by Crippen LogP contribution is 2.60. The third-order valence-electron chi connectivity index (χ3n) is 12.4. The van der Waals surface area contributed by atoms with Crippen LogP contribution < -0.4 is 19.7 Å². The van der Waals surface area contributed by atoms with Crippen LogP contribution in [0.3, 0.4) is 0 Å².